The van der Waals surface area contributed by atoms with Crippen molar-refractivity contribution < 1.29 is 14.3 Å². The fourth-order valence-corrected chi connectivity index (χ4v) is 2.42. The number of para-hydroxylation sites is 1. The van der Waals surface area contributed by atoms with E-state index in [1.165, 1.54) is 6.20 Å². The van der Waals surface area contributed by atoms with Crippen LogP contribution in [0.5, 0.6) is 11.6 Å². The molecule has 1 aliphatic heterocycles. The third kappa shape index (κ3) is 2.88. The molecule has 1 aromatic carbocycles. The van der Waals surface area contributed by atoms with Crippen molar-refractivity contribution in [3.8, 4) is 11.6 Å². The minimum atomic E-state index is -0.519. The summed E-state index contributed by atoms with van der Waals surface area (Å²) in [7, 11) is 0. The normalized spacial score (nSPS) is 17.3. The number of nitrogens with zero attached hydrogens (tertiary/aromatic N) is 2. The standard InChI is InChI=1S/C17H17N3O3/c1-3-12-6-4-5-7-14(12)23-15-9-8-13(10-18-15)20-16(21)11(2)19-17(20)22/h4-11H,3H2,1-2H3,(H,19,22)/t11-/m1/s1. The van der Waals surface area contributed by atoms with Gasteiger partial charge in [0.15, 0.2) is 0 Å². The van der Waals surface area contributed by atoms with Crippen LogP contribution in [-0.2, 0) is 11.2 Å². The Morgan fingerprint density at radius 2 is 2.00 bits per heavy atom. The van der Waals surface area contributed by atoms with Crippen LogP contribution in [-0.4, -0.2) is 23.0 Å². The number of pyridine rings is 1. The van der Waals surface area contributed by atoms with E-state index >= 15 is 0 Å². The van der Waals surface area contributed by atoms with Gasteiger partial charge in [-0.15, -0.1) is 0 Å². The van der Waals surface area contributed by atoms with Crippen molar-refractivity contribution in [1.29, 1.82) is 0 Å². The molecule has 0 spiro atoms. The van der Waals surface area contributed by atoms with Crippen molar-refractivity contribution in [2.45, 2.75) is 26.3 Å². The highest BCUT2D eigenvalue weighted by Gasteiger charge is 2.36. The monoisotopic (exact) mass is 311 g/mol. The largest absolute Gasteiger partial charge is 0.439 e. The number of imide groups is 1. The van der Waals surface area contributed by atoms with E-state index < -0.39 is 12.1 Å². The Kier molecular flexibility index (Phi) is 3.97. The van der Waals surface area contributed by atoms with Crippen LogP contribution in [0.15, 0.2) is 42.6 Å². The Balaban J connectivity index is 1.80. The molecule has 1 aliphatic rings. The molecule has 3 rings (SSSR count). The fourth-order valence-electron chi connectivity index (χ4n) is 2.42. The number of aryl methyl sites for hydroxylation is 1. The van der Waals surface area contributed by atoms with E-state index in [4.69, 9.17) is 4.74 Å². The van der Waals surface area contributed by atoms with Gasteiger partial charge in [0, 0.05) is 6.07 Å². The maximum Gasteiger partial charge on any atom is 0.329 e. The first kappa shape index (κ1) is 15.0. The molecule has 1 atom stereocenters. The van der Waals surface area contributed by atoms with Gasteiger partial charge in [-0.05, 0) is 31.0 Å². The second-order valence-corrected chi connectivity index (χ2v) is 5.26. The molecule has 1 N–H and O–H groups in total. The predicted octanol–water partition coefficient (Wildman–Crippen LogP) is 2.88. The van der Waals surface area contributed by atoms with Gasteiger partial charge in [-0.1, -0.05) is 25.1 Å². The van der Waals surface area contributed by atoms with E-state index in [-0.39, 0.29) is 5.91 Å². The lowest BCUT2D eigenvalue weighted by molar-refractivity contribution is -0.117. The Hall–Kier alpha value is -2.89. The highest BCUT2D eigenvalue weighted by atomic mass is 16.5. The van der Waals surface area contributed by atoms with E-state index in [2.05, 4.69) is 17.2 Å². The van der Waals surface area contributed by atoms with Gasteiger partial charge >= 0.3 is 6.03 Å². The Labute approximate surface area is 134 Å². The van der Waals surface area contributed by atoms with Crippen molar-refractivity contribution in [3.63, 3.8) is 0 Å². The average molecular weight is 311 g/mol. The van der Waals surface area contributed by atoms with Gasteiger partial charge in [-0.2, -0.15) is 0 Å². The van der Waals surface area contributed by atoms with E-state index in [0.717, 1.165) is 22.6 Å². The summed E-state index contributed by atoms with van der Waals surface area (Å²) in [5.74, 6) is 0.871. The number of amides is 3. The summed E-state index contributed by atoms with van der Waals surface area (Å²) in [6.45, 7) is 3.70. The minimum Gasteiger partial charge on any atom is -0.439 e. The molecule has 6 heteroatoms. The second kappa shape index (κ2) is 6.08. The van der Waals surface area contributed by atoms with Crippen LogP contribution < -0.4 is 15.0 Å². The van der Waals surface area contributed by atoms with E-state index in [1.807, 2.05) is 24.3 Å². The molecule has 118 valence electrons. The van der Waals surface area contributed by atoms with Crippen LogP contribution in [0.2, 0.25) is 0 Å². The van der Waals surface area contributed by atoms with Gasteiger partial charge in [0.2, 0.25) is 5.88 Å². The smallest absolute Gasteiger partial charge is 0.329 e. The number of urea groups is 1. The van der Waals surface area contributed by atoms with Crippen molar-refractivity contribution in [1.82, 2.24) is 10.3 Å². The molecule has 1 fully saturated rings. The third-order valence-electron chi connectivity index (χ3n) is 3.68. The highest BCUT2D eigenvalue weighted by Crippen LogP contribution is 2.26. The summed E-state index contributed by atoms with van der Waals surface area (Å²) >= 11 is 0. The molecular formula is C17H17N3O3. The zero-order valence-corrected chi connectivity index (χ0v) is 12.9. The number of carbonyl (C=O) groups is 2. The van der Waals surface area contributed by atoms with Crippen molar-refractivity contribution >= 4 is 17.6 Å². The number of hydrogen-bond acceptors (Lipinski definition) is 4. The summed E-state index contributed by atoms with van der Waals surface area (Å²) < 4.78 is 5.78. The molecule has 23 heavy (non-hydrogen) atoms. The zero-order chi connectivity index (χ0) is 16.4. The SMILES string of the molecule is CCc1ccccc1Oc1ccc(N2C(=O)N[C@H](C)C2=O)cn1. The van der Waals surface area contributed by atoms with Crippen LogP contribution >= 0.6 is 0 Å². The first-order valence-electron chi connectivity index (χ1n) is 7.46. The number of hydrogen-bond donors (Lipinski definition) is 1. The maximum atomic E-state index is 12.0. The number of nitrogens with one attached hydrogen (secondary N) is 1. The van der Waals surface area contributed by atoms with Crippen LogP contribution in [0.1, 0.15) is 19.4 Å². The molecule has 1 aromatic heterocycles. The Bertz CT molecular complexity index is 743. The number of carbonyl (C=O) groups excluding carboxylic acids is 2. The van der Waals surface area contributed by atoms with Gasteiger partial charge in [-0.25, -0.2) is 14.7 Å². The molecule has 2 heterocycles. The van der Waals surface area contributed by atoms with Gasteiger partial charge in [-0.3, -0.25) is 4.79 Å². The molecule has 0 bridgehead atoms. The summed E-state index contributed by atoms with van der Waals surface area (Å²) in [6.07, 6.45) is 2.31. The average Bonchev–Trinajstić information content (AvgIpc) is 2.81. The molecule has 0 saturated carbocycles. The van der Waals surface area contributed by atoms with Crippen molar-refractivity contribution in [2.75, 3.05) is 4.90 Å². The van der Waals surface area contributed by atoms with E-state index in [9.17, 15) is 9.59 Å². The molecular weight excluding hydrogens is 294 g/mol. The summed E-state index contributed by atoms with van der Waals surface area (Å²) in [4.78, 5) is 29.0. The fraction of sp³-hybridized carbons (Fsp3) is 0.235. The summed E-state index contributed by atoms with van der Waals surface area (Å²) in [5, 5.41) is 2.56. The molecule has 0 unspecified atom stereocenters. The lowest BCUT2D eigenvalue weighted by atomic mass is 10.1. The summed E-state index contributed by atoms with van der Waals surface area (Å²) in [6, 6.07) is 10.1. The second-order valence-electron chi connectivity index (χ2n) is 5.26. The quantitative estimate of drug-likeness (QED) is 0.881. The number of ether oxygens (including phenoxy) is 1. The van der Waals surface area contributed by atoms with E-state index in [0.29, 0.717) is 11.6 Å². The zero-order valence-electron chi connectivity index (χ0n) is 12.9. The van der Waals surface area contributed by atoms with Crippen molar-refractivity contribution in [2.24, 2.45) is 0 Å². The van der Waals surface area contributed by atoms with E-state index in [1.54, 1.807) is 19.1 Å². The Morgan fingerprint density at radius 3 is 2.61 bits per heavy atom. The molecule has 0 aliphatic carbocycles. The topological polar surface area (TPSA) is 71.5 Å². The van der Waals surface area contributed by atoms with Gasteiger partial charge in [0.1, 0.15) is 11.8 Å². The molecule has 6 nitrogen and oxygen atoms in total. The lowest BCUT2D eigenvalue weighted by Crippen LogP contribution is -2.30. The molecule has 3 amide bonds. The van der Waals surface area contributed by atoms with Gasteiger partial charge in [0.25, 0.3) is 5.91 Å². The molecule has 0 radical (unpaired) electrons. The summed E-state index contributed by atoms with van der Waals surface area (Å²) in [5.41, 5.74) is 1.51. The number of aromatic nitrogens is 1. The van der Waals surface area contributed by atoms with Crippen molar-refractivity contribution in [3.05, 3.63) is 48.2 Å². The van der Waals surface area contributed by atoms with Gasteiger partial charge < -0.3 is 10.1 Å². The Morgan fingerprint density at radius 1 is 1.22 bits per heavy atom. The molecule has 1 saturated heterocycles. The highest BCUT2D eigenvalue weighted by molar-refractivity contribution is 6.21. The van der Waals surface area contributed by atoms with Gasteiger partial charge in [0.05, 0.1) is 11.9 Å². The maximum absolute atomic E-state index is 12.0. The third-order valence-corrected chi connectivity index (χ3v) is 3.68. The van der Waals surface area contributed by atoms with Crippen LogP contribution in [0.4, 0.5) is 10.5 Å². The number of anilines is 1. The lowest BCUT2D eigenvalue weighted by Gasteiger charge is -2.13. The predicted molar refractivity (Wildman–Crippen MR) is 85.6 cm³/mol. The molecule has 2 aromatic rings. The number of benzene rings is 1. The first-order chi connectivity index (χ1) is 11.1. The number of rotatable bonds is 4. The first-order valence-corrected chi connectivity index (χ1v) is 7.46. The van der Waals surface area contributed by atoms with Crippen LogP contribution in [0.25, 0.3) is 0 Å². The van der Waals surface area contributed by atoms with Crippen LogP contribution in [0, 0.1) is 0 Å². The van der Waals surface area contributed by atoms with Crippen LogP contribution in [0.3, 0.4) is 0 Å². The minimum absolute atomic E-state index is 0.290.